The molecule has 202 valence electrons. The van der Waals surface area contributed by atoms with E-state index in [1.54, 1.807) is 6.08 Å². The van der Waals surface area contributed by atoms with Crippen LogP contribution in [0.15, 0.2) is 27.9 Å². The Morgan fingerprint density at radius 3 is 1.97 bits per heavy atom. The predicted octanol–water partition coefficient (Wildman–Crippen LogP) is -4.95. The maximum Gasteiger partial charge on any atom is 0.330 e. The number of aromatic amines is 1. The van der Waals surface area contributed by atoms with Crippen LogP contribution in [0.4, 0.5) is 4.79 Å². The molecule has 1 unspecified atom stereocenters. The average Bonchev–Trinajstić information content (AvgIpc) is 3.27. The van der Waals surface area contributed by atoms with E-state index in [1.165, 1.54) is 31.1 Å². The topological polar surface area (TPSA) is 244 Å². The highest BCUT2D eigenvalue weighted by atomic mass is 16.6. The minimum absolute atomic E-state index is 0.290. The van der Waals surface area contributed by atoms with Crippen molar-refractivity contribution in [3.63, 3.8) is 0 Å². The Morgan fingerprint density at radius 2 is 1.47 bits per heavy atom. The molecular weight excluding hydrogens is 486 g/mol. The van der Waals surface area contributed by atoms with Crippen LogP contribution < -0.4 is 17.0 Å². The molecule has 0 aliphatic carbocycles. The van der Waals surface area contributed by atoms with Gasteiger partial charge < -0.3 is 50.7 Å². The number of aromatic nitrogens is 2. The molecule has 1 aromatic heterocycles. The van der Waals surface area contributed by atoms with Gasteiger partial charge in [-0.05, 0) is 13.0 Å². The Balaban J connectivity index is 0.000000201. The normalized spacial score (nSPS) is 36.2. The van der Waals surface area contributed by atoms with Gasteiger partial charge in [0.1, 0.15) is 42.8 Å². The smallest absolute Gasteiger partial charge is 0.330 e. The molecule has 0 bridgehead atoms. The number of aliphatic hydroxyl groups is 6. The maximum atomic E-state index is 12.0. The van der Waals surface area contributed by atoms with E-state index in [9.17, 15) is 34.8 Å². The molecule has 2 fully saturated rings. The predicted molar refractivity (Wildman–Crippen MR) is 119 cm³/mol. The van der Waals surface area contributed by atoms with Gasteiger partial charge >= 0.3 is 11.7 Å². The SMILES string of the molecule is CN1C(=O)N([C@@H]2O[C@H](CO)[C@@H](O)[C@H]2O)C=CC1N.Cc1cc(=O)[nH]c(=O)n1[C@@H]1O[C@H](CO)[C@@H](O)[C@H]1O. The van der Waals surface area contributed by atoms with Gasteiger partial charge in [0.2, 0.25) is 0 Å². The highest BCUT2D eigenvalue weighted by molar-refractivity contribution is 5.77. The van der Waals surface area contributed by atoms with Gasteiger partial charge in [-0.15, -0.1) is 0 Å². The van der Waals surface area contributed by atoms with Gasteiger partial charge in [-0.25, -0.2) is 9.59 Å². The zero-order valence-electron chi connectivity index (χ0n) is 19.5. The lowest BCUT2D eigenvalue weighted by Crippen LogP contribution is -2.55. The van der Waals surface area contributed by atoms with Crippen LogP contribution in [0.2, 0.25) is 0 Å². The molecule has 0 radical (unpaired) electrons. The van der Waals surface area contributed by atoms with Crippen molar-refractivity contribution >= 4 is 6.03 Å². The Hall–Kier alpha value is -2.67. The molecule has 0 saturated carbocycles. The number of nitrogens with zero attached hydrogens (tertiary/aromatic N) is 3. The molecule has 2 amide bonds. The molecule has 4 heterocycles. The second kappa shape index (κ2) is 11.2. The minimum Gasteiger partial charge on any atom is -0.394 e. The third-order valence-corrected chi connectivity index (χ3v) is 6.15. The Bertz CT molecular complexity index is 1080. The summed E-state index contributed by atoms with van der Waals surface area (Å²) in [5, 5.41) is 56.8. The zero-order chi connectivity index (χ0) is 26.9. The molecule has 16 nitrogen and oxygen atoms in total. The summed E-state index contributed by atoms with van der Waals surface area (Å²) in [6, 6.07) is 0.732. The van der Waals surface area contributed by atoms with E-state index in [-0.39, 0.29) is 0 Å². The highest BCUT2D eigenvalue weighted by Gasteiger charge is 2.47. The summed E-state index contributed by atoms with van der Waals surface area (Å²) >= 11 is 0. The summed E-state index contributed by atoms with van der Waals surface area (Å²) in [4.78, 5) is 39.2. The van der Waals surface area contributed by atoms with Crippen LogP contribution in [-0.4, -0.2) is 125 Å². The number of nitrogens with two attached hydrogens (primary N) is 1. The van der Waals surface area contributed by atoms with E-state index >= 15 is 0 Å². The van der Waals surface area contributed by atoms with Gasteiger partial charge in [-0.1, -0.05) is 0 Å². The number of urea groups is 1. The zero-order valence-corrected chi connectivity index (χ0v) is 19.5. The lowest BCUT2D eigenvalue weighted by molar-refractivity contribution is -0.0704. The van der Waals surface area contributed by atoms with Crippen molar-refractivity contribution < 1.29 is 44.9 Å². The number of carbonyl (C=O) groups excluding carboxylic acids is 1. The fraction of sp³-hybridized carbons (Fsp3) is 0.650. The first-order valence-corrected chi connectivity index (χ1v) is 11.0. The van der Waals surface area contributed by atoms with Crippen LogP contribution in [0.25, 0.3) is 0 Å². The maximum absolute atomic E-state index is 12.0. The monoisotopic (exact) mass is 517 g/mol. The van der Waals surface area contributed by atoms with Crippen LogP contribution in [-0.2, 0) is 9.47 Å². The summed E-state index contributed by atoms with van der Waals surface area (Å²) < 4.78 is 11.5. The number of aryl methyl sites for hydroxylation is 1. The lowest BCUT2D eigenvalue weighted by atomic mass is 10.1. The van der Waals surface area contributed by atoms with Gasteiger partial charge in [-0.3, -0.25) is 19.2 Å². The summed E-state index contributed by atoms with van der Waals surface area (Å²) in [7, 11) is 1.52. The number of hydrogen-bond acceptors (Lipinski definition) is 12. The Kier molecular flexibility index (Phi) is 8.65. The second-order valence-electron chi connectivity index (χ2n) is 8.54. The number of carbonyl (C=O) groups is 1. The van der Waals surface area contributed by atoms with Gasteiger partial charge in [-0.2, -0.15) is 0 Å². The third-order valence-electron chi connectivity index (χ3n) is 6.15. The quantitative estimate of drug-likeness (QED) is 0.187. The van der Waals surface area contributed by atoms with E-state index in [4.69, 9.17) is 25.4 Å². The Labute approximate surface area is 204 Å². The fourth-order valence-corrected chi connectivity index (χ4v) is 4.02. The molecule has 9 N–H and O–H groups in total. The van der Waals surface area contributed by atoms with E-state index < -0.39 is 85.7 Å². The molecule has 0 spiro atoms. The fourth-order valence-electron chi connectivity index (χ4n) is 4.02. The van der Waals surface area contributed by atoms with E-state index in [1.807, 2.05) is 4.98 Å². The van der Waals surface area contributed by atoms with Gasteiger partial charge in [0.05, 0.1) is 13.2 Å². The number of aliphatic hydroxyl groups excluding tert-OH is 6. The van der Waals surface area contributed by atoms with Crippen LogP contribution in [0.1, 0.15) is 11.9 Å². The van der Waals surface area contributed by atoms with Crippen molar-refractivity contribution in [1.82, 2.24) is 19.4 Å². The van der Waals surface area contributed by atoms with Crippen molar-refractivity contribution in [2.45, 2.75) is 62.2 Å². The first-order chi connectivity index (χ1) is 16.9. The van der Waals surface area contributed by atoms with Crippen molar-refractivity contribution in [1.29, 1.82) is 0 Å². The number of rotatable bonds is 4. The molecular formula is C20H31N5O11. The molecule has 4 rings (SSSR count). The molecule has 2 saturated heterocycles. The van der Waals surface area contributed by atoms with E-state index in [0.717, 1.165) is 9.47 Å². The molecule has 16 heteroatoms. The van der Waals surface area contributed by atoms with Crippen LogP contribution in [0.5, 0.6) is 0 Å². The van der Waals surface area contributed by atoms with Gasteiger partial charge in [0.15, 0.2) is 12.5 Å². The highest BCUT2D eigenvalue weighted by Crippen LogP contribution is 2.29. The molecule has 1 aromatic rings. The largest absolute Gasteiger partial charge is 0.394 e. The summed E-state index contributed by atoms with van der Waals surface area (Å²) in [5.74, 6) is 0. The second-order valence-corrected chi connectivity index (χ2v) is 8.54. The third kappa shape index (κ3) is 5.22. The molecule has 0 aromatic carbocycles. The summed E-state index contributed by atoms with van der Waals surface area (Å²) in [6.07, 6.45) is -6.77. The molecule has 3 aliphatic heterocycles. The molecule has 36 heavy (non-hydrogen) atoms. The van der Waals surface area contributed by atoms with Crippen molar-refractivity contribution in [3.8, 4) is 0 Å². The van der Waals surface area contributed by atoms with Crippen LogP contribution >= 0.6 is 0 Å². The number of nitrogens with one attached hydrogen (secondary N) is 1. The number of ether oxygens (including phenoxy) is 2. The van der Waals surface area contributed by atoms with Crippen LogP contribution in [0, 0.1) is 6.92 Å². The van der Waals surface area contributed by atoms with Crippen molar-refractivity contribution in [2.24, 2.45) is 5.73 Å². The molecule has 9 atom stereocenters. The van der Waals surface area contributed by atoms with Gasteiger partial charge in [0, 0.05) is 25.0 Å². The van der Waals surface area contributed by atoms with Crippen molar-refractivity contribution in [3.05, 3.63) is 44.9 Å². The standard InChI is InChI=1S/C10H17N3O5.C10H14N2O6/c1-12-6(11)2-3-13(10(12)17)9-8(16)7(15)5(4-14)18-9;1-4-2-6(14)11-10(17)12(4)9-8(16)7(15)5(3-13)18-9/h2-3,5-9,14-16H,4,11H2,1H3;2,5,7-9,13,15-16H,3H2,1H3,(H,11,14,17)/t5-,6?,7-,8-,9-;5-,7-,8-,9-/m11/s1. The first kappa shape index (κ1) is 27.9. The Morgan fingerprint density at radius 1 is 0.944 bits per heavy atom. The number of likely N-dealkylation sites (N-methyl/N-ethyl adjacent to an activating group) is 1. The van der Waals surface area contributed by atoms with E-state index in [0.29, 0.717) is 5.69 Å². The van der Waals surface area contributed by atoms with Crippen molar-refractivity contribution in [2.75, 3.05) is 20.3 Å². The van der Waals surface area contributed by atoms with Gasteiger partial charge in [0.25, 0.3) is 5.56 Å². The first-order valence-electron chi connectivity index (χ1n) is 11.0. The minimum atomic E-state index is -1.36. The van der Waals surface area contributed by atoms with Crippen LogP contribution in [0.3, 0.4) is 0 Å². The average molecular weight is 517 g/mol. The number of amides is 2. The lowest BCUT2D eigenvalue weighted by Gasteiger charge is -2.36. The molecule has 3 aliphatic rings. The summed E-state index contributed by atoms with van der Waals surface area (Å²) in [6.45, 7) is 0.590. The summed E-state index contributed by atoms with van der Waals surface area (Å²) in [5.41, 5.74) is 4.64. The number of H-pyrrole nitrogens is 1. The van der Waals surface area contributed by atoms with E-state index in [2.05, 4.69) is 0 Å². The number of hydrogen-bond donors (Lipinski definition) is 8.